The van der Waals surface area contributed by atoms with Crippen molar-refractivity contribution in [2.75, 3.05) is 11.9 Å². The van der Waals surface area contributed by atoms with Gasteiger partial charge in [-0.1, -0.05) is 52.0 Å². The van der Waals surface area contributed by atoms with Crippen LogP contribution in [0.25, 0.3) is 0 Å². The summed E-state index contributed by atoms with van der Waals surface area (Å²) in [5.41, 5.74) is 6.89. The lowest BCUT2D eigenvalue weighted by Gasteiger charge is -2.42. The fourth-order valence-corrected chi connectivity index (χ4v) is 4.31. The number of carbonyl (C=O) groups excluding carboxylic acids is 2. The van der Waals surface area contributed by atoms with Crippen LogP contribution in [0.4, 0.5) is 5.69 Å². The molecule has 0 saturated heterocycles. The monoisotopic (exact) mass is 374 g/mol. The highest BCUT2D eigenvalue weighted by molar-refractivity contribution is 6.19. The van der Waals surface area contributed by atoms with Crippen LogP contribution < -0.4 is 5.32 Å². The Morgan fingerprint density at radius 3 is 2.18 bits per heavy atom. The Balaban J connectivity index is 1.94. The van der Waals surface area contributed by atoms with Crippen molar-refractivity contribution in [1.29, 1.82) is 0 Å². The molecular formula is C24H26N2O2. The van der Waals surface area contributed by atoms with Crippen molar-refractivity contribution in [2.45, 2.75) is 51.4 Å². The molecule has 2 aliphatic rings. The maximum Gasteiger partial charge on any atom is 0.246 e. The van der Waals surface area contributed by atoms with Gasteiger partial charge in [-0.25, -0.2) is 0 Å². The summed E-state index contributed by atoms with van der Waals surface area (Å²) in [6.45, 7) is 9.23. The number of rotatable bonds is 2. The lowest BCUT2D eigenvalue weighted by molar-refractivity contribution is -0.114. The molecule has 0 saturated carbocycles. The number of anilines is 1. The normalized spacial score (nSPS) is 19.6. The smallest absolute Gasteiger partial charge is 0.246 e. The molecule has 0 fully saturated rings. The highest BCUT2D eigenvalue weighted by Crippen LogP contribution is 2.47. The summed E-state index contributed by atoms with van der Waals surface area (Å²) in [5, 5.41) is 3.05. The van der Waals surface area contributed by atoms with Crippen molar-refractivity contribution in [3.8, 4) is 0 Å². The Bertz CT molecular complexity index is 998. The molecule has 2 aromatic rings. The van der Waals surface area contributed by atoms with Gasteiger partial charge in [-0.2, -0.15) is 0 Å². The van der Waals surface area contributed by atoms with E-state index in [1.54, 1.807) is 12.1 Å². The molecule has 0 bridgehead atoms. The molecule has 2 aromatic carbocycles. The molecule has 1 aliphatic carbocycles. The Morgan fingerprint density at radius 2 is 1.57 bits per heavy atom. The van der Waals surface area contributed by atoms with Crippen molar-refractivity contribution in [3.63, 3.8) is 0 Å². The second-order valence-corrected chi connectivity index (χ2v) is 9.16. The maximum absolute atomic E-state index is 12.3. The predicted octanol–water partition coefficient (Wildman–Crippen LogP) is 4.64. The Labute approximate surface area is 166 Å². The molecule has 0 aromatic heterocycles. The van der Waals surface area contributed by atoms with Gasteiger partial charge in [0.25, 0.3) is 0 Å². The molecular weight excluding hydrogens is 348 g/mol. The van der Waals surface area contributed by atoms with Crippen LogP contribution in [0.1, 0.15) is 73.1 Å². The molecule has 1 aliphatic heterocycles. The van der Waals surface area contributed by atoms with Gasteiger partial charge in [-0.3, -0.25) is 14.6 Å². The first-order valence-electron chi connectivity index (χ1n) is 9.81. The molecule has 0 spiro atoms. The van der Waals surface area contributed by atoms with Crippen molar-refractivity contribution in [2.24, 2.45) is 4.99 Å². The predicted molar refractivity (Wildman–Crippen MR) is 113 cm³/mol. The fourth-order valence-electron chi connectivity index (χ4n) is 4.31. The van der Waals surface area contributed by atoms with Crippen LogP contribution in [0.2, 0.25) is 0 Å². The van der Waals surface area contributed by atoms with Crippen LogP contribution >= 0.6 is 0 Å². The molecule has 4 rings (SSSR count). The minimum atomic E-state index is -0.103. The van der Waals surface area contributed by atoms with Gasteiger partial charge in [0.15, 0.2) is 0 Å². The van der Waals surface area contributed by atoms with E-state index in [1.807, 2.05) is 12.1 Å². The molecule has 1 heterocycles. The summed E-state index contributed by atoms with van der Waals surface area (Å²) in [4.78, 5) is 27.9. The summed E-state index contributed by atoms with van der Waals surface area (Å²) < 4.78 is 0. The molecule has 0 unspecified atom stereocenters. The number of nitrogens with one attached hydrogen (secondary N) is 1. The average Bonchev–Trinajstić information content (AvgIpc) is 2.82. The number of aliphatic imine (C=N–C) groups is 1. The fraction of sp³-hybridized carbons (Fsp3) is 0.375. The summed E-state index contributed by atoms with van der Waals surface area (Å²) in [6.07, 6.45) is 3.07. The zero-order valence-electron chi connectivity index (χ0n) is 16.9. The van der Waals surface area contributed by atoms with Crippen LogP contribution in [0.5, 0.6) is 0 Å². The lowest BCUT2D eigenvalue weighted by atomic mass is 9.62. The second-order valence-electron chi connectivity index (χ2n) is 9.16. The number of hydrogen-bond acceptors (Lipinski definition) is 3. The van der Waals surface area contributed by atoms with Crippen LogP contribution in [0.15, 0.2) is 41.4 Å². The van der Waals surface area contributed by atoms with E-state index in [9.17, 15) is 9.59 Å². The van der Waals surface area contributed by atoms with Crippen molar-refractivity contribution >= 4 is 23.6 Å². The van der Waals surface area contributed by atoms with Crippen LogP contribution in [-0.4, -0.2) is 24.4 Å². The molecule has 0 radical (unpaired) electrons. The van der Waals surface area contributed by atoms with E-state index in [1.165, 1.54) is 11.1 Å². The summed E-state index contributed by atoms with van der Waals surface area (Å²) in [5.74, 6) is -0.103. The van der Waals surface area contributed by atoms with Crippen LogP contribution in [-0.2, 0) is 15.6 Å². The number of nitrogens with zero attached hydrogens (tertiary/aromatic N) is 1. The molecule has 4 nitrogen and oxygen atoms in total. The number of carbonyl (C=O) groups is 2. The van der Waals surface area contributed by atoms with Gasteiger partial charge in [-0.05, 0) is 46.9 Å². The third kappa shape index (κ3) is 3.07. The molecule has 0 atom stereocenters. The van der Waals surface area contributed by atoms with Crippen molar-refractivity contribution in [1.82, 2.24) is 0 Å². The number of benzene rings is 2. The van der Waals surface area contributed by atoms with Gasteiger partial charge in [0.05, 0.1) is 11.4 Å². The van der Waals surface area contributed by atoms with Crippen LogP contribution in [0, 0.1) is 0 Å². The number of amides is 1. The van der Waals surface area contributed by atoms with Gasteiger partial charge >= 0.3 is 0 Å². The van der Waals surface area contributed by atoms with E-state index >= 15 is 0 Å². The molecule has 28 heavy (non-hydrogen) atoms. The Morgan fingerprint density at radius 1 is 0.964 bits per heavy atom. The Hall–Kier alpha value is -2.75. The van der Waals surface area contributed by atoms with E-state index in [2.05, 4.69) is 50.1 Å². The van der Waals surface area contributed by atoms with E-state index in [0.29, 0.717) is 5.56 Å². The molecule has 1 N–H and O–H groups in total. The maximum atomic E-state index is 12.3. The largest absolute Gasteiger partial charge is 0.324 e. The molecule has 1 amide bonds. The standard InChI is InChI=1S/C24H26N2O2/c1-23(2)9-10-24(3,4)19-12-20-17(11-18(19)23)22(25-13-21(28)26-20)16-7-5-15(14-27)6-8-16/h5-8,11-12,14H,9-10,13H2,1-4H3,(H,26,28). The van der Waals surface area contributed by atoms with Crippen molar-refractivity contribution < 1.29 is 9.59 Å². The minimum Gasteiger partial charge on any atom is -0.324 e. The highest BCUT2D eigenvalue weighted by Gasteiger charge is 2.38. The van der Waals surface area contributed by atoms with Crippen molar-refractivity contribution in [3.05, 3.63) is 64.2 Å². The van der Waals surface area contributed by atoms with E-state index in [-0.39, 0.29) is 23.3 Å². The molecule has 144 valence electrons. The topological polar surface area (TPSA) is 58.5 Å². The van der Waals surface area contributed by atoms with Gasteiger partial charge < -0.3 is 5.32 Å². The average molecular weight is 374 g/mol. The van der Waals surface area contributed by atoms with Gasteiger partial charge in [0.2, 0.25) is 5.91 Å². The van der Waals surface area contributed by atoms with E-state index in [0.717, 1.165) is 41.7 Å². The highest BCUT2D eigenvalue weighted by atomic mass is 16.1. The summed E-state index contributed by atoms with van der Waals surface area (Å²) >= 11 is 0. The minimum absolute atomic E-state index is 0.0693. The zero-order chi connectivity index (χ0) is 20.1. The lowest BCUT2D eigenvalue weighted by Crippen LogP contribution is -2.34. The zero-order valence-corrected chi connectivity index (χ0v) is 16.9. The van der Waals surface area contributed by atoms with Gasteiger partial charge in [-0.15, -0.1) is 0 Å². The van der Waals surface area contributed by atoms with Gasteiger partial charge in [0, 0.05) is 16.7 Å². The number of fused-ring (bicyclic) bond motifs is 2. The summed E-state index contributed by atoms with van der Waals surface area (Å²) in [6, 6.07) is 11.8. The first-order valence-corrected chi connectivity index (χ1v) is 9.81. The van der Waals surface area contributed by atoms with E-state index < -0.39 is 0 Å². The van der Waals surface area contributed by atoms with E-state index in [4.69, 9.17) is 0 Å². The summed E-state index contributed by atoms with van der Waals surface area (Å²) in [7, 11) is 0. The number of aldehydes is 1. The Kier molecular flexibility index (Phi) is 4.25. The quantitative estimate of drug-likeness (QED) is 0.779. The first-order chi connectivity index (χ1) is 13.2. The third-order valence-corrected chi connectivity index (χ3v) is 6.22. The number of hydrogen-bond donors (Lipinski definition) is 1. The third-order valence-electron chi connectivity index (χ3n) is 6.22. The SMILES string of the molecule is CC1(C)CCC(C)(C)c2cc3c(cc21)NC(=O)CN=C3c1ccc(C=O)cc1. The van der Waals surface area contributed by atoms with Gasteiger partial charge in [0.1, 0.15) is 12.8 Å². The molecule has 4 heteroatoms. The second kappa shape index (κ2) is 6.40. The first kappa shape index (κ1) is 18.6. The van der Waals surface area contributed by atoms with Crippen LogP contribution in [0.3, 0.4) is 0 Å².